The van der Waals surface area contributed by atoms with Crippen molar-refractivity contribution in [1.29, 1.82) is 0 Å². The van der Waals surface area contributed by atoms with E-state index in [0.717, 1.165) is 25.1 Å². The largest absolute Gasteiger partial charge is 0.352 e. The molecule has 0 spiro atoms. The molecule has 1 unspecified atom stereocenters. The lowest BCUT2D eigenvalue weighted by atomic mass is 9.89. The van der Waals surface area contributed by atoms with E-state index in [9.17, 15) is 4.79 Å². The summed E-state index contributed by atoms with van der Waals surface area (Å²) in [5.41, 5.74) is 2.26. The Kier molecular flexibility index (Phi) is 6.03. The van der Waals surface area contributed by atoms with Crippen molar-refractivity contribution in [2.45, 2.75) is 39.7 Å². The predicted octanol–water partition coefficient (Wildman–Crippen LogP) is 2.85. The van der Waals surface area contributed by atoms with Gasteiger partial charge in [0.15, 0.2) is 0 Å². The normalized spacial score (nSPS) is 21.6. The van der Waals surface area contributed by atoms with E-state index in [1.165, 1.54) is 5.56 Å². The minimum absolute atomic E-state index is 0. The summed E-state index contributed by atoms with van der Waals surface area (Å²) in [6, 6.07) is 8.49. The van der Waals surface area contributed by atoms with E-state index in [4.69, 9.17) is 0 Å². The van der Waals surface area contributed by atoms with E-state index >= 15 is 0 Å². The first-order chi connectivity index (χ1) is 9.01. The van der Waals surface area contributed by atoms with Gasteiger partial charge in [-0.15, -0.1) is 12.4 Å². The van der Waals surface area contributed by atoms with Gasteiger partial charge in [0.25, 0.3) is 0 Å². The Balaban J connectivity index is 0.00000200. The summed E-state index contributed by atoms with van der Waals surface area (Å²) in [5, 5.41) is 6.30. The smallest absolute Gasteiger partial charge is 0.227 e. The maximum atomic E-state index is 12.2. The summed E-state index contributed by atoms with van der Waals surface area (Å²) in [6.45, 7) is 8.74. The number of rotatable bonds is 4. The molecule has 1 aliphatic rings. The summed E-state index contributed by atoms with van der Waals surface area (Å²) in [4.78, 5) is 12.2. The molecule has 1 atom stereocenters. The number of hydrogen-bond donors (Lipinski definition) is 2. The zero-order valence-corrected chi connectivity index (χ0v) is 13.3. The predicted molar refractivity (Wildman–Crippen MR) is 85.2 cm³/mol. The fourth-order valence-corrected chi connectivity index (χ4v) is 2.43. The third kappa shape index (κ3) is 3.97. The Hall–Kier alpha value is -1.06. The molecule has 112 valence electrons. The molecule has 4 heteroatoms. The quantitative estimate of drug-likeness (QED) is 0.897. The molecule has 1 aromatic carbocycles. The summed E-state index contributed by atoms with van der Waals surface area (Å²) < 4.78 is 0. The summed E-state index contributed by atoms with van der Waals surface area (Å²) in [5.74, 6) is 0.706. The van der Waals surface area contributed by atoms with Crippen molar-refractivity contribution in [1.82, 2.24) is 10.6 Å². The molecule has 0 aliphatic carbocycles. The fourth-order valence-electron chi connectivity index (χ4n) is 2.43. The van der Waals surface area contributed by atoms with Crippen molar-refractivity contribution >= 4 is 18.3 Å². The van der Waals surface area contributed by atoms with Gasteiger partial charge in [0.1, 0.15) is 0 Å². The number of nitrogens with one attached hydrogen (secondary N) is 2. The monoisotopic (exact) mass is 296 g/mol. The van der Waals surface area contributed by atoms with E-state index in [1.54, 1.807) is 0 Å². The fraction of sp³-hybridized carbons (Fsp3) is 0.562. The average molecular weight is 297 g/mol. The second-order valence-corrected chi connectivity index (χ2v) is 6.07. The molecule has 2 rings (SSSR count). The molecule has 0 aromatic heterocycles. The second kappa shape index (κ2) is 7.09. The van der Waals surface area contributed by atoms with Crippen LogP contribution in [0.15, 0.2) is 24.3 Å². The van der Waals surface area contributed by atoms with Gasteiger partial charge in [-0.1, -0.05) is 38.1 Å². The van der Waals surface area contributed by atoms with Crippen molar-refractivity contribution in [2.24, 2.45) is 5.41 Å². The van der Waals surface area contributed by atoms with E-state index < -0.39 is 0 Å². The van der Waals surface area contributed by atoms with Crippen LogP contribution >= 0.6 is 12.4 Å². The SMILES string of the molecule is CC(C)c1ccc(CNC(=O)C2(C)CCNC2)cc1.Cl. The number of hydrogen-bond acceptors (Lipinski definition) is 2. The highest BCUT2D eigenvalue weighted by Gasteiger charge is 2.35. The van der Waals surface area contributed by atoms with Gasteiger partial charge in [0.2, 0.25) is 5.91 Å². The van der Waals surface area contributed by atoms with Crippen LogP contribution in [0.2, 0.25) is 0 Å². The van der Waals surface area contributed by atoms with Gasteiger partial charge in [0, 0.05) is 13.1 Å². The van der Waals surface area contributed by atoms with Gasteiger partial charge in [0.05, 0.1) is 5.41 Å². The van der Waals surface area contributed by atoms with E-state index in [-0.39, 0.29) is 23.7 Å². The zero-order chi connectivity index (χ0) is 13.9. The third-order valence-electron chi connectivity index (χ3n) is 4.02. The molecule has 1 aliphatic heterocycles. The van der Waals surface area contributed by atoms with E-state index in [0.29, 0.717) is 12.5 Å². The molecule has 2 N–H and O–H groups in total. The Bertz CT molecular complexity index is 436. The highest BCUT2D eigenvalue weighted by Crippen LogP contribution is 2.24. The Morgan fingerprint density at radius 1 is 1.35 bits per heavy atom. The minimum atomic E-state index is -0.238. The van der Waals surface area contributed by atoms with Crippen LogP contribution in [0.3, 0.4) is 0 Å². The first-order valence-corrected chi connectivity index (χ1v) is 7.09. The van der Waals surface area contributed by atoms with Crippen LogP contribution in [-0.2, 0) is 11.3 Å². The number of amides is 1. The van der Waals surface area contributed by atoms with Crippen molar-refractivity contribution in [3.05, 3.63) is 35.4 Å². The molecule has 1 amide bonds. The maximum Gasteiger partial charge on any atom is 0.227 e. The first-order valence-electron chi connectivity index (χ1n) is 7.09. The standard InChI is InChI=1S/C16H24N2O.ClH/c1-12(2)14-6-4-13(5-7-14)10-18-15(19)16(3)8-9-17-11-16;/h4-7,12,17H,8-11H2,1-3H3,(H,18,19);1H. The van der Waals surface area contributed by atoms with Gasteiger partial charge >= 0.3 is 0 Å². The lowest BCUT2D eigenvalue weighted by Gasteiger charge is -2.21. The van der Waals surface area contributed by atoms with E-state index in [2.05, 4.69) is 48.7 Å². The molecule has 0 saturated carbocycles. The number of halogens is 1. The molecule has 1 saturated heterocycles. The van der Waals surface area contributed by atoms with Crippen molar-refractivity contribution in [3.8, 4) is 0 Å². The molecule has 1 heterocycles. The topological polar surface area (TPSA) is 41.1 Å². The molecule has 0 bridgehead atoms. The van der Waals surface area contributed by atoms with Gasteiger partial charge in [-0.05, 0) is 36.9 Å². The zero-order valence-electron chi connectivity index (χ0n) is 12.5. The summed E-state index contributed by atoms with van der Waals surface area (Å²) in [6.07, 6.45) is 0.922. The van der Waals surface area contributed by atoms with Gasteiger partial charge < -0.3 is 10.6 Å². The first kappa shape index (κ1) is 17.0. The maximum absolute atomic E-state index is 12.2. The van der Waals surface area contributed by atoms with Crippen molar-refractivity contribution in [2.75, 3.05) is 13.1 Å². The molecule has 1 fully saturated rings. The molecule has 3 nitrogen and oxygen atoms in total. The Morgan fingerprint density at radius 3 is 2.50 bits per heavy atom. The molecular weight excluding hydrogens is 272 g/mol. The Labute approximate surface area is 127 Å². The van der Waals surface area contributed by atoms with Gasteiger partial charge in [-0.25, -0.2) is 0 Å². The number of carbonyl (C=O) groups is 1. The molecule has 1 aromatic rings. The highest BCUT2D eigenvalue weighted by molar-refractivity contribution is 5.85. The lowest BCUT2D eigenvalue weighted by molar-refractivity contribution is -0.129. The molecule has 0 radical (unpaired) electrons. The number of carbonyl (C=O) groups excluding carboxylic acids is 1. The van der Waals surface area contributed by atoms with Crippen LogP contribution in [0.5, 0.6) is 0 Å². The van der Waals surface area contributed by atoms with E-state index in [1.807, 2.05) is 6.92 Å². The van der Waals surface area contributed by atoms with Crippen molar-refractivity contribution in [3.63, 3.8) is 0 Å². The van der Waals surface area contributed by atoms with Crippen molar-refractivity contribution < 1.29 is 4.79 Å². The summed E-state index contributed by atoms with van der Waals surface area (Å²) >= 11 is 0. The molecule has 20 heavy (non-hydrogen) atoms. The lowest BCUT2D eigenvalue weighted by Crippen LogP contribution is -2.40. The second-order valence-electron chi connectivity index (χ2n) is 6.07. The average Bonchev–Trinajstić information content (AvgIpc) is 2.84. The number of benzene rings is 1. The highest BCUT2D eigenvalue weighted by atomic mass is 35.5. The third-order valence-corrected chi connectivity index (χ3v) is 4.02. The van der Waals surface area contributed by atoms with Crippen LogP contribution < -0.4 is 10.6 Å². The molecular formula is C16H25ClN2O. The summed E-state index contributed by atoms with van der Waals surface area (Å²) in [7, 11) is 0. The van der Waals surface area contributed by atoms with Crippen LogP contribution in [0.25, 0.3) is 0 Å². The van der Waals surface area contributed by atoms with Gasteiger partial charge in [-0.2, -0.15) is 0 Å². The van der Waals surface area contributed by atoms with Crippen LogP contribution in [0.1, 0.15) is 44.2 Å². The minimum Gasteiger partial charge on any atom is -0.352 e. The Morgan fingerprint density at radius 2 is 2.00 bits per heavy atom. The van der Waals surface area contributed by atoms with Gasteiger partial charge in [-0.3, -0.25) is 4.79 Å². The van der Waals surface area contributed by atoms with Crippen LogP contribution in [-0.4, -0.2) is 19.0 Å². The van der Waals surface area contributed by atoms with Crippen LogP contribution in [0, 0.1) is 5.41 Å². The van der Waals surface area contributed by atoms with Crippen LogP contribution in [0.4, 0.5) is 0 Å².